The molecule has 3 heteroatoms. The molecule has 0 N–H and O–H groups in total. The van der Waals surface area contributed by atoms with Gasteiger partial charge in [0, 0.05) is 17.6 Å². The van der Waals surface area contributed by atoms with Gasteiger partial charge in [-0.2, -0.15) is 0 Å². The highest BCUT2D eigenvalue weighted by Crippen LogP contribution is 2.28. The quantitative estimate of drug-likeness (QED) is 0.746. The Balaban J connectivity index is 2.12. The van der Waals surface area contributed by atoms with Gasteiger partial charge in [-0.3, -0.25) is 0 Å². The van der Waals surface area contributed by atoms with Gasteiger partial charge < -0.3 is 4.90 Å². The van der Waals surface area contributed by atoms with Crippen LogP contribution in [0.4, 0.5) is 10.1 Å². The first kappa shape index (κ1) is 9.97. The number of nitrogens with zero attached hydrogens (tertiary/aromatic N) is 1. The Morgan fingerprint density at radius 3 is 2.50 bits per heavy atom. The van der Waals surface area contributed by atoms with Gasteiger partial charge in [-0.25, -0.2) is 4.39 Å². The molecule has 2 rings (SSSR count). The molecule has 1 aliphatic heterocycles. The van der Waals surface area contributed by atoms with Gasteiger partial charge in [-0.05, 0) is 40.9 Å². The van der Waals surface area contributed by atoms with E-state index in [1.807, 2.05) is 18.2 Å². The SMILES string of the molecule is FC1CCN(c2ccccc2Br)CC1. The fourth-order valence-corrected chi connectivity index (χ4v) is 2.33. The smallest absolute Gasteiger partial charge is 0.103 e. The van der Waals surface area contributed by atoms with E-state index in [1.165, 1.54) is 5.69 Å². The van der Waals surface area contributed by atoms with Crippen LogP contribution < -0.4 is 4.90 Å². The first-order chi connectivity index (χ1) is 6.77. The van der Waals surface area contributed by atoms with Crippen LogP contribution >= 0.6 is 15.9 Å². The molecule has 14 heavy (non-hydrogen) atoms. The van der Waals surface area contributed by atoms with Crippen LogP contribution in [0.1, 0.15) is 12.8 Å². The third kappa shape index (κ3) is 2.08. The Morgan fingerprint density at radius 1 is 1.21 bits per heavy atom. The maximum Gasteiger partial charge on any atom is 0.103 e. The molecule has 0 spiro atoms. The standard InChI is InChI=1S/C11H13BrFN/c12-10-3-1-2-4-11(10)14-7-5-9(13)6-8-14/h1-4,9H,5-8H2. The molecule has 1 aromatic rings. The predicted molar refractivity (Wildman–Crippen MR) is 60.5 cm³/mol. The number of halogens is 2. The van der Waals surface area contributed by atoms with Gasteiger partial charge in [0.1, 0.15) is 6.17 Å². The molecule has 1 fully saturated rings. The lowest BCUT2D eigenvalue weighted by atomic mass is 10.1. The highest BCUT2D eigenvalue weighted by atomic mass is 79.9. The van der Waals surface area contributed by atoms with Crippen LogP contribution in [0.2, 0.25) is 0 Å². The van der Waals surface area contributed by atoms with Crippen LogP contribution in [-0.2, 0) is 0 Å². The second-order valence-electron chi connectivity index (χ2n) is 3.61. The van der Waals surface area contributed by atoms with Crippen molar-refractivity contribution in [2.24, 2.45) is 0 Å². The van der Waals surface area contributed by atoms with Gasteiger partial charge in [0.05, 0.1) is 5.69 Å². The number of alkyl halides is 1. The van der Waals surface area contributed by atoms with Crippen molar-refractivity contribution < 1.29 is 4.39 Å². The Bertz CT molecular complexity index is 308. The fourth-order valence-electron chi connectivity index (χ4n) is 1.80. The second-order valence-corrected chi connectivity index (χ2v) is 4.47. The van der Waals surface area contributed by atoms with Gasteiger partial charge in [0.25, 0.3) is 0 Å². The van der Waals surface area contributed by atoms with E-state index in [0.717, 1.165) is 17.6 Å². The van der Waals surface area contributed by atoms with Gasteiger partial charge in [0.15, 0.2) is 0 Å². The summed E-state index contributed by atoms with van der Waals surface area (Å²) in [6.07, 6.45) is 0.705. The molecule has 0 atom stereocenters. The molecule has 0 aromatic heterocycles. The molecule has 1 saturated heterocycles. The summed E-state index contributed by atoms with van der Waals surface area (Å²) < 4.78 is 14.0. The molecule has 1 nitrogen and oxygen atoms in total. The summed E-state index contributed by atoms with van der Waals surface area (Å²) in [7, 11) is 0. The third-order valence-electron chi connectivity index (χ3n) is 2.62. The van der Waals surface area contributed by atoms with E-state index in [-0.39, 0.29) is 0 Å². The van der Waals surface area contributed by atoms with Crippen molar-refractivity contribution in [2.45, 2.75) is 19.0 Å². The summed E-state index contributed by atoms with van der Waals surface area (Å²) in [5, 5.41) is 0. The van der Waals surface area contributed by atoms with Crippen molar-refractivity contribution in [1.82, 2.24) is 0 Å². The minimum absolute atomic E-state index is 0.603. The van der Waals surface area contributed by atoms with Crippen LogP contribution in [0, 0.1) is 0 Å². The van der Waals surface area contributed by atoms with Gasteiger partial charge in [0.2, 0.25) is 0 Å². The first-order valence-electron chi connectivity index (χ1n) is 4.91. The molecule has 1 aromatic carbocycles. The highest BCUT2D eigenvalue weighted by molar-refractivity contribution is 9.10. The zero-order valence-electron chi connectivity index (χ0n) is 7.92. The van der Waals surface area contributed by atoms with Crippen LogP contribution in [0.15, 0.2) is 28.7 Å². The summed E-state index contributed by atoms with van der Waals surface area (Å²) in [6, 6.07) is 8.11. The summed E-state index contributed by atoms with van der Waals surface area (Å²) in [4.78, 5) is 2.24. The largest absolute Gasteiger partial charge is 0.370 e. The number of benzene rings is 1. The van der Waals surface area contributed by atoms with Crippen LogP contribution in [0.5, 0.6) is 0 Å². The molecule has 0 amide bonds. The van der Waals surface area contributed by atoms with E-state index in [2.05, 4.69) is 26.9 Å². The number of piperidine rings is 1. The molecule has 0 bridgehead atoms. The van der Waals surface area contributed by atoms with Gasteiger partial charge in [-0.1, -0.05) is 12.1 Å². The number of para-hydroxylation sites is 1. The molecule has 0 saturated carbocycles. The molecule has 0 radical (unpaired) electrons. The number of hydrogen-bond acceptors (Lipinski definition) is 1. The van der Waals surface area contributed by atoms with E-state index >= 15 is 0 Å². The van der Waals surface area contributed by atoms with Crippen molar-refractivity contribution in [1.29, 1.82) is 0 Å². The number of hydrogen-bond donors (Lipinski definition) is 0. The van der Waals surface area contributed by atoms with Gasteiger partial charge >= 0.3 is 0 Å². The monoisotopic (exact) mass is 257 g/mol. The maximum absolute atomic E-state index is 12.9. The van der Waals surface area contributed by atoms with Crippen LogP contribution in [0.3, 0.4) is 0 Å². The molecule has 0 unspecified atom stereocenters. The van der Waals surface area contributed by atoms with Crippen molar-refractivity contribution in [3.8, 4) is 0 Å². The zero-order valence-corrected chi connectivity index (χ0v) is 9.50. The fraction of sp³-hybridized carbons (Fsp3) is 0.455. The number of anilines is 1. The molecular weight excluding hydrogens is 245 g/mol. The summed E-state index contributed by atoms with van der Waals surface area (Å²) >= 11 is 3.51. The van der Waals surface area contributed by atoms with E-state index in [0.29, 0.717) is 12.8 Å². The topological polar surface area (TPSA) is 3.24 Å². The van der Waals surface area contributed by atoms with Crippen molar-refractivity contribution in [3.05, 3.63) is 28.7 Å². The summed E-state index contributed by atoms with van der Waals surface area (Å²) in [5.41, 5.74) is 1.18. The molecule has 0 aliphatic carbocycles. The third-order valence-corrected chi connectivity index (χ3v) is 3.29. The van der Waals surface area contributed by atoms with Gasteiger partial charge in [-0.15, -0.1) is 0 Å². The minimum Gasteiger partial charge on any atom is -0.370 e. The van der Waals surface area contributed by atoms with Crippen molar-refractivity contribution in [3.63, 3.8) is 0 Å². The Kier molecular flexibility index (Phi) is 3.06. The Labute approximate surface area is 92.0 Å². The maximum atomic E-state index is 12.9. The predicted octanol–water partition coefficient (Wildman–Crippen LogP) is 3.39. The van der Waals surface area contributed by atoms with E-state index < -0.39 is 6.17 Å². The van der Waals surface area contributed by atoms with Crippen LogP contribution in [0.25, 0.3) is 0 Å². The molecular formula is C11H13BrFN. The second kappa shape index (κ2) is 4.30. The average molecular weight is 258 g/mol. The van der Waals surface area contributed by atoms with Crippen LogP contribution in [-0.4, -0.2) is 19.3 Å². The lowest BCUT2D eigenvalue weighted by molar-refractivity contribution is 0.277. The zero-order chi connectivity index (χ0) is 9.97. The first-order valence-corrected chi connectivity index (χ1v) is 5.70. The Morgan fingerprint density at radius 2 is 1.86 bits per heavy atom. The number of rotatable bonds is 1. The van der Waals surface area contributed by atoms with E-state index in [9.17, 15) is 4.39 Å². The van der Waals surface area contributed by atoms with Crippen molar-refractivity contribution >= 4 is 21.6 Å². The van der Waals surface area contributed by atoms with E-state index in [4.69, 9.17) is 0 Å². The summed E-state index contributed by atoms with van der Waals surface area (Å²) in [5.74, 6) is 0. The molecule has 1 heterocycles. The normalized spacial score (nSPS) is 18.6. The highest BCUT2D eigenvalue weighted by Gasteiger charge is 2.19. The Hall–Kier alpha value is -0.570. The molecule has 76 valence electrons. The van der Waals surface area contributed by atoms with Crippen molar-refractivity contribution in [2.75, 3.05) is 18.0 Å². The van der Waals surface area contributed by atoms with E-state index in [1.54, 1.807) is 0 Å². The molecule has 1 aliphatic rings. The lowest BCUT2D eigenvalue weighted by Crippen LogP contribution is -2.34. The summed E-state index contributed by atoms with van der Waals surface area (Å²) in [6.45, 7) is 1.65. The average Bonchev–Trinajstić information content (AvgIpc) is 2.20. The lowest BCUT2D eigenvalue weighted by Gasteiger charge is -2.31. The minimum atomic E-state index is -0.603.